The molecule has 0 unspecified atom stereocenters. The average Bonchev–Trinajstić information content (AvgIpc) is 3.20. The fourth-order valence-electron chi connectivity index (χ4n) is 4.59. The van der Waals surface area contributed by atoms with E-state index < -0.39 is 11.0 Å². The molecule has 0 saturated heterocycles. The number of amides is 1. The first kappa shape index (κ1) is 22.3. The molecule has 1 aliphatic rings. The quantitative estimate of drug-likeness (QED) is 0.203. The number of aromatic nitrogens is 1. The lowest BCUT2D eigenvalue weighted by atomic mass is 9.98. The summed E-state index contributed by atoms with van der Waals surface area (Å²) >= 11 is 0. The standard InChI is InChI=1S/C28H23N3O4/c32-28(35-18-25-22-11-3-1-9-20(22)21-10-2-4-12-23(21)25)30-16-6-5-8-19-14-15-26(31(33)34)24-13-7-17-29-27(19)24/h1-5,7-15,17,25H,6,16,18H2,(H,30,32). The van der Waals surface area contributed by atoms with Crippen molar-refractivity contribution in [2.75, 3.05) is 13.2 Å². The molecule has 1 N–H and O–H groups in total. The van der Waals surface area contributed by atoms with Crippen LogP contribution in [0.5, 0.6) is 0 Å². The summed E-state index contributed by atoms with van der Waals surface area (Å²) in [4.78, 5) is 27.5. The van der Waals surface area contributed by atoms with Gasteiger partial charge in [0, 0.05) is 30.3 Å². The highest BCUT2D eigenvalue weighted by molar-refractivity contribution is 5.93. The zero-order valence-corrected chi connectivity index (χ0v) is 18.9. The molecule has 7 heteroatoms. The van der Waals surface area contributed by atoms with E-state index in [4.69, 9.17) is 4.74 Å². The van der Waals surface area contributed by atoms with Crippen molar-refractivity contribution in [3.05, 3.63) is 112 Å². The third-order valence-electron chi connectivity index (χ3n) is 6.20. The first-order valence-electron chi connectivity index (χ1n) is 11.4. The number of ether oxygens (including phenoxy) is 1. The Labute approximate surface area is 202 Å². The van der Waals surface area contributed by atoms with Gasteiger partial charge in [0.2, 0.25) is 0 Å². The van der Waals surface area contributed by atoms with E-state index in [1.807, 2.05) is 36.4 Å². The first-order chi connectivity index (χ1) is 17.1. The van der Waals surface area contributed by atoms with E-state index in [1.165, 1.54) is 28.3 Å². The number of nitro groups is 1. The van der Waals surface area contributed by atoms with Crippen LogP contribution in [0.15, 0.2) is 85.1 Å². The molecule has 5 rings (SSSR count). The number of alkyl carbamates (subject to hydrolysis) is 1. The SMILES string of the molecule is O=C(NCCC=Cc1ccc([N+](=O)[O-])c2cccnc12)OCC1c2ccccc2-c2ccccc21. The van der Waals surface area contributed by atoms with Crippen LogP contribution in [-0.2, 0) is 4.74 Å². The molecule has 0 spiro atoms. The van der Waals surface area contributed by atoms with Gasteiger partial charge in [-0.2, -0.15) is 0 Å². The molecule has 0 aliphatic heterocycles. The van der Waals surface area contributed by atoms with Crippen molar-refractivity contribution < 1.29 is 14.5 Å². The number of carbonyl (C=O) groups is 1. The molecule has 35 heavy (non-hydrogen) atoms. The fourth-order valence-corrected chi connectivity index (χ4v) is 4.59. The Hall–Kier alpha value is -4.52. The molecule has 7 nitrogen and oxygen atoms in total. The smallest absolute Gasteiger partial charge is 0.407 e. The lowest BCUT2D eigenvalue weighted by molar-refractivity contribution is -0.383. The average molecular weight is 466 g/mol. The van der Waals surface area contributed by atoms with Crippen molar-refractivity contribution in [1.29, 1.82) is 0 Å². The van der Waals surface area contributed by atoms with Gasteiger partial charge in [-0.25, -0.2) is 4.79 Å². The number of carbonyl (C=O) groups excluding carboxylic acids is 1. The number of pyridine rings is 1. The second-order valence-electron chi connectivity index (χ2n) is 8.27. The molecule has 174 valence electrons. The predicted octanol–water partition coefficient (Wildman–Crippen LogP) is 6.09. The summed E-state index contributed by atoms with van der Waals surface area (Å²) in [5.74, 6) is 0.0240. The number of nitrogens with one attached hydrogen (secondary N) is 1. The third-order valence-corrected chi connectivity index (χ3v) is 6.20. The lowest BCUT2D eigenvalue weighted by Crippen LogP contribution is -2.26. The summed E-state index contributed by atoms with van der Waals surface area (Å²) in [5.41, 5.74) is 6.12. The van der Waals surface area contributed by atoms with Gasteiger partial charge in [-0.05, 0) is 46.9 Å². The second kappa shape index (κ2) is 9.77. The number of fused-ring (bicyclic) bond motifs is 4. The van der Waals surface area contributed by atoms with Gasteiger partial charge in [0.25, 0.3) is 5.69 Å². The molecule has 0 radical (unpaired) electrons. The maximum absolute atomic E-state index is 12.3. The van der Waals surface area contributed by atoms with Gasteiger partial charge >= 0.3 is 6.09 Å². The summed E-state index contributed by atoms with van der Waals surface area (Å²) < 4.78 is 5.55. The van der Waals surface area contributed by atoms with Crippen molar-refractivity contribution in [3.63, 3.8) is 0 Å². The van der Waals surface area contributed by atoms with Crippen LogP contribution in [0.2, 0.25) is 0 Å². The van der Waals surface area contributed by atoms with Crippen LogP contribution >= 0.6 is 0 Å². The first-order valence-corrected chi connectivity index (χ1v) is 11.4. The van der Waals surface area contributed by atoms with Gasteiger partial charge in [-0.3, -0.25) is 15.1 Å². The molecule has 1 aromatic heterocycles. The van der Waals surface area contributed by atoms with E-state index in [-0.39, 0.29) is 18.2 Å². The number of nitrogens with zero attached hydrogens (tertiary/aromatic N) is 2. The zero-order chi connectivity index (χ0) is 24.2. The van der Waals surface area contributed by atoms with E-state index >= 15 is 0 Å². The number of rotatable bonds is 7. The van der Waals surface area contributed by atoms with Crippen LogP contribution in [0.3, 0.4) is 0 Å². The lowest BCUT2D eigenvalue weighted by Gasteiger charge is -2.14. The normalized spacial score (nSPS) is 12.5. The van der Waals surface area contributed by atoms with Crippen molar-refractivity contribution in [1.82, 2.24) is 10.3 Å². The summed E-state index contributed by atoms with van der Waals surface area (Å²) in [6.07, 6.45) is 5.50. The van der Waals surface area contributed by atoms with Gasteiger partial charge in [0.15, 0.2) is 0 Å². The topological polar surface area (TPSA) is 94.4 Å². The molecule has 4 aromatic rings. The Morgan fingerprint density at radius 1 is 1.00 bits per heavy atom. The minimum absolute atomic E-state index is 0.0240. The fraction of sp³-hybridized carbons (Fsp3) is 0.143. The molecule has 3 aromatic carbocycles. The molecule has 1 heterocycles. The van der Waals surface area contributed by atoms with Gasteiger partial charge in [0.05, 0.1) is 15.8 Å². The van der Waals surface area contributed by atoms with E-state index in [9.17, 15) is 14.9 Å². The van der Waals surface area contributed by atoms with Crippen LogP contribution < -0.4 is 5.32 Å². The summed E-state index contributed by atoms with van der Waals surface area (Å²) in [7, 11) is 0. The largest absolute Gasteiger partial charge is 0.449 e. The van der Waals surface area contributed by atoms with Crippen LogP contribution in [0.4, 0.5) is 10.5 Å². The predicted molar refractivity (Wildman–Crippen MR) is 135 cm³/mol. The number of benzene rings is 3. The Morgan fingerprint density at radius 2 is 1.71 bits per heavy atom. The Kier molecular flexibility index (Phi) is 6.22. The van der Waals surface area contributed by atoms with Crippen LogP contribution in [-0.4, -0.2) is 29.2 Å². The number of hydrogen-bond acceptors (Lipinski definition) is 5. The molecule has 1 aliphatic carbocycles. The maximum Gasteiger partial charge on any atom is 0.407 e. The van der Waals surface area contributed by atoms with Gasteiger partial charge < -0.3 is 10.1 Å². The molecule has 1 amide bonds. The minimum Gasteiger partial charge on any atom is -0.449 e. The van der Waals surface area contributed by atoms with Crippen LogP contribution in [0, 0.1) is 10.1 Å². The number of hydrogen-bond donors (Lipinski definition) is 1. The van der Waals surface area contributed by atoms with Crippen LogP contribution in [0.25, 0.3) is 28.1 Å². The highest BCUT2D eigenvalue weighted by Crippen LogP contribution is 2.44. The van der Waals surface area contributed by atoms with E-state index in [0.717, 1.165) is 5.56 Å². The highest BCUT2D eigenvalue weighted by Gasteiger charge is 2.28. The molecular formula is C28H23N3O4. The molecule has 0 saturated carbocycles. The molecule has 0 fully saturated rings. The number of nitro benzene ring substituents is 1. The second-order valence-corrected chi connectivity index (χ2v) is 8.27. The van der Waals surface area contributed by atoms with Crippen LogP contribution in [0.1, 0.15) is 29.0 Å². The van der Waals surface area contributed by atoms with Gasteiger partial charge in [0.1, 0.15) is 6.61 Å². The highest BCUT2D eigenvalue weighted by atomic mass is 16.6. The van der Waals surface area contributed by atoms with Crippen molar-refractivity contribution in [2.45, 2.75) is 12.3 Å². The van der Waals surface area contributed by atoms with Crippen molar-refractivity contribution in [3.8, 4) is 11.1 Å². The van der Waals surface area contributed by atoms with E-state index in [0.29, 0.717) is 23.9 Å². The zero-order valence-electron chi connectivity index (χ0n) is 18.9. The van der Waals surface area contributed by atoms with E-state index in [1.54, 1.807) is 24.4 Å². The maximum atomic E-state index is 12.3. The molecular weight excluding hydrogens is 442 g/mol. The third kappa shape index (κ3) is 4.48. The van der Waals surface area contributed by atoms with E-state index in [2.05, 4.69) is 34.6 Å². The van der Waals surface area contributed by atoms with Crippen molar-refractivity contribution in [2.24, 2.45) is 0 Å². The molecule has 0 atom stereocenters. The van der Waals surface area contributed by atoms with Gasteiger partial charge in [-0.15, -0.1) is 0 Å². The Bertz CT molecular complexity index is 1400. The monoisotopic (exact) mass is 465 g/mol. The Balaban J connectivity index is 1.16. The Morgan fingerprint density at radius 3 is 2.43 bits per heavy atom. The van der Waals surface area contributed by atoms with Gasteiger partial charge in [-0.1, -0.05) is 60.7 Å². The summed E-state index contributed by atoms with van der Waals surface area (Å²) in [6, 6.07) is 23.0. The van der Waals surface area contributed by atoms with Crippen molar-refractivity contribution >= 4 is 28.8 Å². The summed E-state index contributed by atoms with van der Waals surface area (Å²) in [5, 5.41) is 14.5. The minimum atomic E-state index is -0.456. The number of non-ortho nitro benzene ring substituents is 1. The molecule has 0 bridgehead atoms. The summed E-state index contributed by atoms with van der Waals surface area (Å²) in [6.45, 7) is 0.682.